The molecule has 3 amide bonds. The molecule has 6 heterocycles. The Morgan fingerprint density at radius 3 is 1.47 bits per heavy atom. The number of piperazine rings is 2. The molecule has 6 fully saturated rings. The van der Waals surface area contributed by atoms with Gasteiger partial charge >= 0.3 is 11.9 Å². The Bertz CT molecular complexity index is 2250. The van der Waals surface area contributed by atoms with Gasteiger partial charge in [0.1, 0.15) is 0 Å². The monoisotopic (exact) mass is 1110 g/mol. The second kappa shape index (κ2) is 26.4. The van der Waals surface area contributed by atoms with Crippen LogP contribution in [0, 0.1) is 0 Å². The molecule has 6 aliphatic heterocycles. The van der Waals surface area contributed by atoms with Gasteiger partial charge in [-0.15, -0.1) is 0 Å². The summed E-state index contributed by atoms with van der Waals surface area (Å²) in [6.07, 6.45) is 5.23. The van der Waals surface area contributed by atoms with E-state index < -0.39 is 28.4 Å². The maximum Gasteiger partial charge on any atom is 0.303 e. The van der Waals surface area contributed by atoms with Crippen LogP contribution in [0.4, 0.5) is 4.70 Å². The predicted octanol–water partition coefficient (Wildman–Crippen LogP) is 6.23. The van der Waals surface area contributed by atoms with Crippen molar-refractivity contribution in [2.24, 2.45) is 0 Å². The largest absolute Gasteiger partial charge is 0.450 e. The summed E-state index contributed by atoms with van der Waals surface area (Å²) in [7, 11) is 0. The van der Waals surface area contributed by atoms with Crippen molar-refractivity contribution in [1.82, 2.24) is 29.8 Å². The lowest BCUT2D eigenvalue weighted by Gasteiger charge is -2.55. The van der Waals surface area contributed by atoms with Crippen LogP contribution >= 0.6 is 58.0 Å². The number of carbonyl (C=O) groups excluding carboxylic acids is 6. The number of nitrogens with one attached hydrogen (secondary N) is 1. The molecule has 1 N–H and O–H groups in total. The quantitative estimate of drug-likeness (QED) is 0.211. The van der Waals surface area contributed by atoms with Gasteiger partial charge in [-0.05, 0) is 127 Å². The van der Waals surface area contributed by atoms with Crippen LogP contribution in [0.5, 0.6) is 0 Å². The third-order valence-corrected chi connectivity index (χ3v) is 15.7. The van der Waals surface area contributed by atoms with Crippen LogP contribution in [-0.2, 0) is 60.6 Å². The first-order valence-corrected chi connectivity index (χ1v) is 26.2. The SMILES string of the molecule is CC(=O)OC(C)(C)C(=O)Cl.CC(=O)OC(C)(C)C(=O)N1CCN(C(=O)Cc2ccc(Cl)c(Cl)c2)[C@H]2[C@H]1COC[C@@H]2N1CCCC1.F.O=C(Cc1ccc(Cl)c(Cl)c1)N1CCN[C@@H]2COC[C@H](N3CCCC3)[C@H]21. The Balaban J connectivity index is 0.000000228. The molecule has 0 spiro atoms. The highest BCUT2D eigenvalue weighted by Gasteiger charge is 2.52. The lowest BCUT2D eigenvalue weighted by molar-refractivity contribution is -0.180. The number of benzene rings is 2. The Hall–Kier alpha value is -3.36. The average Bonchev–Trinajstić information content (AvgIpc) is 4.06. The topological polar surface area (TPSA) is 168 Å². The third kappa shape index (κ3) is 15.2. The molecule has 2 aromatic rings. The third-order valence-electron chi connectivity index (χ3n) is 13.8. The fourth-order valence-corrected chi connectivity index (χ4v) is 11.2. The van der Waals surface area contributed by atoms with E-state index in [0.717, 1.165) is 63.2 Å². The van der Waals surface area contributed by atoms with Crippen LogP contribution in [0.3, 0.4) is 0 Å². The first-order chi connectivity index (χ1) is 33.6. The van der Waals surface area contributed by atoms with Gasteiger partial charge in [-0.25, -0.2) is 0 Å². The van der Waals surface area contributed by atoms with Gasteiger partial charge in [0, 0.05) is 40.0 Å². The number of nitrogens with zero attached hydrogens (tertiary/aromatic N) is 5. The number of ether oxygens (including phenoxy) is 4. The van der Waals surface area contributed by atoms with E-state index in [1.807, 2.05) is 17.0 Å². The van der Waals surface area contributed by atoms with Crippen molar-refractivity contribution in [3.8, 4) is 0 Å². The molecular weight excluding hydrogens is 1040 g/mol. The molecule has 0 aromatic heterocycles. The highest BCUT2D eigenvalue weighted by molar-refractivity contribution is 6.65. The summed E-state index contributed by atoms with van der Waals surface area (Å²) in [6.45, 7) is 17.2. The van der Waals surface area contributed by atoms with Crippen molar-refractivity contribution in [1.29, 1.82) is 0 Å². The zero-order chi connectivity index (χ0) is 51.8. The van der Waals surface area contributed by atoms with Crippen LogP contribution in [0.15, 0.2) is 36.4 Å². The van der Waals surface area contributed by atoms with Crippen LogP contribution in [0.25, 0.3) is 0 Å². The zero-order valence-corrected chi connectivity index (χ0v) is 45.6. The standard InChI is InChI=1S/C25H33Cl2N3O5.C19H25Cl2N3O2.C6H9ClO3.FH/c1-16(31)35-25(2,3)24(33)29-10-11-30(22(32)13-17-6-7-18(26)19(27)12-17)23-20(14-34-15-21(23)29)28-8-4-5-9-28;20-14-4-3-13(9-15(14)21)10-18(25)24-8-5-22-16-11-26-12-17(19(16)24)23-6-1-2-7-23;1-4(8)10-6(2,3)5(7)9;/h6-7,12,20-21,23H,4-5,8-11,13-15H2,1-3H3;3-4,9,16-17,19,22H,1-2,5-8,10-12H2;1-3H3;1H/t20-,21+,23+;16-,17+,19+;;/m01../s1. The van der Waals surface area contributed by atoms with E-state index >= 15 is 0 Å². The smallest absolute Gasteiger partial charge is 0.303 e. The van der Waals surface area contributed by atoms with Gasteiger partial charge in [-0.2, -0.15) is 0 Å². The minimum absolute atomic E-state index is 0. The maximum absolute atomic E-state index is 13.6. The van der Waals surface area contributed by atoms with Crippen LogP contribution in [-0.4, -0.2) is 186 Å². The van der Waals surface area contributed by atoms with Crippen molar-refractivity contribution >= 4 is 92.9 Å². The number of carbonyl (C=O) groups is 6. The average molecular weight is 1110 g/mol. The molecule has 0 bridgehead atoms. The Labute approximate surface area is 446 Å². The van der Waals surface area contributed by atoms with Crippen molar-refractivity contribution in [3.05, 3.63) is 67.6 Å². The number of fused-ring (bicyclic) bond motifs is 2. The molecule has 8 rings (SSSR count). The summed E-state index contributed by atoms with van der Waals surface area (Å²) in [5.41, 5.74) is -0.805. The van der Waals surface area contributed by atoms with Crippen molar-refractivity contribution < 1.29 is 52.4 Å². The number of amides is 3. The molecular formula is C50H68Cl5FN6O10. The molecule has 6 atom stereocenters. The molecule has 400 valence electrons. The van der Waals surface area contributed by atoms with Gasteiger partial charge in [0.25, 0.3) is 11.1 Å². The van der Waals surface area contributed by atoms with Gasteiger partial charge in [-0.1, -0.05) is 58.5 Å². The number of likely N-dealkylation sites (tertiary alicyclic amines) is 2. The van der Waals surface area contributed by atoms with Crippen LogP contribution in [0.1, 0.15) is 78.4 Å². The van der Waals surface area contributed by atoms with E-state index in [2.05, 4.69) is 24.8 Å². The lowest BCUT2D eigenvalue weighted by Crippen LogP contribution is -2.73. The summed E-state index contributed by atoms with van der Waals surface area (Å²) in [6, 6.07) is 10.8. The van der Waals surface area contributed by atoms with E-state index in [4.69, 9.17) is 72.2 Å². The Kier molecular flexibility index (Phi) is 21.8. The Morgan fingerprint density at radius 1 is 0.583 bits per heavy atom. The first kappa shape index (κ1) is 59.5. The van der Waals surface area contributed by atoms with Crippen LogP contribution in [0.2, 0.25) is 20.1 Å². The normalized spacial score (nSPS) is 24.5. The second-order valence-corrected chi connectivity index (χ2v) is 21.8. The van der Waals surface area contributed by atoms with Gasteiger partial charge in [-0.3, -0.25) is 43.3 Å². The summed E-state index contributed by atoms with van der Waals surface area (Å²) in [5.74, 6) is -1.16. The van der Waals surface area contributed by atoms with Crippen molar-refractivity contribution in [2.75, 3.05) is 78.8 Å². The number of hydrogen-bond acceptors (Lipinski definition) is 13. The molecule has 6 saturated heterocycles. The van der Waals surface area contributed by atoms with Gasteiger partial charge < -0.3 is 39.0 Å². The van der Waals surface area contributed by atoms with Gasteiger partial charge in [0.05, 0.1) is 95.6 Å². The molecule has 2 aromatic carbocycles. The summed E-state index contributed by atoms with van der Waals surface area (Å²) in [5, 5.41) is 4.76. The number of halogens is 6. The second-order valence-electron chi connectivity index (χ2n) is 19.8. The first-order valence-electron chi connectivity index (χ1n) is 24.3. The number of esters is 2. The van der Waals surface area contributed by atoms with E-state index in [-0.39, 0.29) is 65.1 Å². The lowest BCUT2D eigenvalue weighted by atomic mass is 9.89. The molecule has 6 aliphatic rings. The molecule has 0 radical (unpaired) electrons. The number of hydrogen-bond donors (Lipinski definition) is 1. The van der Waals surface area contributed by atoms with Gasteiger partial charge in [0.15, 0.2) is 11.2 Å². The Morgan fingerprint density at radius 2 is 1.01 bits per heavy atom. The van der Waals surface area contributed by atoms with E-state index in [9.17, 15) is 28.8 Å². The highest BCUT2D eigenvalue weighted by atomic mass is 35.5. The highest BCUT2D eigenvalue weighted by Crippen LogP contribution is 2.33. The molecule has 0 unspecified atom stereocenters. The summed E-state index contributed by atoms with van der Waals surface area (Å²) < 4.78 is 21.8. The number of rotatable bonds is 10. The molecule has 22 heteroatoms. The fourth-order valence-electron chi connectivity index (χ4n) is 10.5. The van der Waals surface area contributed by atoms with Crippen molar-refractivity contribution in [2.45, 2.75) is 128 Å². The van der Waals surface area contributed by atoms with Crippen LogP contribution < -0.4 is 5.32 Å². The molecule has 0 aliphatic carbocycles. The molecule has 72 heavy (non-hydrogen) atoms. The molecule has 0 saturated carbocycles. The maximum atomic E-state index is 13.6. The minimum Gasteiger partial charge on any atom is -0.450 e. The van der Waals surface area contributed by atoms with E-state index in [1.165, 1.54) is 40.5 Å². The van der Waals surface area contributed by atoms with Crippen molar-refractivity contribution in [3.63, 3.8) is 0 Å². The van der Waals surface area contributed by atoms with Gasteiger partial charge in [0.2, 0.25) is 11.8 Å². The van der Waals surface area contributed by atoms with E-state index in [0.29, 0.717) is 66.0 Å². The molecule has 16 nitrogen and oxygen atoms in total. The summed E-state index contributed by atoms with van der Waals surface area (Å²) in [4.78, 5) is 83.3. The zero-order valence-electron chi connectivity index (χ0n) is 41.8. The summed E-state index contributed by atoms with van der Waals surface area (Å²) >= 11 is 29.4. The minimum atomic E-state index is -1.30. The van der Waals surface area contributed by atoms with E-state index in [1.54, 1.807) is 43.0 Å². The fraction of sp³-hybridized carbons (Fsp3) is 0.640. The predicted molar refractivity (Wildman–Crippen MR) is 275 cm³/mol.